The second-order valence-corrected chi connectivity index (χ2v) is 8.33. The summed E-state index contributed by atoms with van der Waals surface area (Å²) in [7, 11) is -3.59. The fraction of sp³-hybridized carbons (Fsp3) is 0.368. The molecule has 0 aliphatic rings. The molecule has 1 N–H and O–H groups in total. The zero-order valence-corrected chi connectivity index (χ0v) is 17.3. The minimum atomic E-state index is -4.63. The number of carbonyl (C=O) groups excluding carboxylic acids is 1. The largest absolute Gasteiger partial charge is 0.417 e. The van der Waals surface area contributed by atoms with Crippen molar-refractivity contribution in [1.29, 1.82) is 0 Å². The Morgan fingerprint density at radius 2 is 1.67 bits per heavy atom. The first-order chi connectivity index (χ1) is 14.0. The number of halogens is 3. The summed E-state index contributed by atoms with van der Waals surface area (Å²) in [6.07, 6.45) is -4.03. The van der Waals surface area contributed by atoms with Crippen LogP contribution in [0.5, 0.6) is 0 Å². The Hall–Kier alpha value is -2.66. The smallest absolute Gasteiger partial charge is 0.350 e. The van der Waals surface area contributed by atoms with Gasteiger partial charge in [0.2, 0.25) is 15.9 Å². The van der Waals surface area contributed by atoms with E-state index in [1.807, 2.05) is 0 Å². The average molecular weight is 445 g/mol. The van der Waals surface area contributed by atoms with Crippen molar-refractivity contribution in [2.45, 2.75) is 38.0 Å². The molecule has 1 heterocycles. The van der Waals surface area contributed by atoms with Crippen LogP contribution in [0.25, 0.3) is 0 Å². The lowest BCUT2D eigenvalue weighted by molar-refractivity contribution is -0.138. The highest BCUT2D eigenvalue weighted by Gasteiger charge is 2.31. The molecule has 0 atom stereocenters. The first-order valence-electron chi connectivity index (χ1n) is 9.12. The van der Waals surface area contributed by atoms with Gasteiger partial charge in [0.05, 0.1) is 10.5 Å². The predicted octanol–water partition coefficient (Wildman–Crippen LogP) is 2.21. The van der Waals surface area contributed by atoms with E-state index in [0.717, 1.165) is 6.07 Å². The molecule has 30 heavy (non-hydrogen) atoms. The molecule has 0 unspecified atom stereocenters. The molecule has 164 valence electrons. The van der Waals surface area contributed by atoms with Gasteiger partial charge >= 0.3 is 6.18 Å². The number of hydrogen-bond donors (Lipinski definition) is 1. The first kappa shape index (κ1) is 23.6. The lowest BCUT2D eigenvalue weighted by Crippen LogP contribution is -2.32. The highest BCUT2D eigenvalue weighted by atomic mass is 32.2. The summed E-state index contributed by atoms with van der Waals surface area (Å²) in [4.78, 5) is 23.9. The number of nitrogens with one attached hydrogen (secondary N) is 1. The summed E-state index contributed by atoms with van der Waals surface area (Å²) in [5.74, 6) is -0.656. The van der Waals surface area contributed by atoms with E-state index in [9.17, 15) is 31.2 Å². The summed E-state index contributed by atoms with van der Waals surface area (Å²) in [5.41, 5.74) is -1.16. The summed E-state index contributed by atoms with van der Waals surface area (Å²) in [5, 5.41) is 2.50. The number of aromatic nitrogens is 1. The number of nitrogens with zero attached hydrogens (tertiary/aromatic N) is 2. The van der Waals surface area contributed by atoms with Gasteiger partial charge in [0.25, 0.3) is 5.56 Å². The summed E-state index contributed by atoms with van der Waals surface area (Å²) in [6.45, 7) is 3.60. The quantitative estimate of drug-likeness (QED) is 0.675. The summed E-state index contributed by atoms with van der Waals surface area (Å²) in [6, 6.07) is 7.33. The van der Waals surface area contributed by atoms with E-state index >= 15 is 0 Å². The van der Waals surface area contributed by atoms with E-state index in [-0.39, 0.29) is 11.4 Å². The van der Waals surface area contributed by atoms with Gasteiger partial charge in [0.15, 0.2) is 0 Å². The molecule has 1 amide bonds. The van der Waals surface area contributed by atoms with Crippen LogP contribution in [-0.4, -0.2) is 36.3 Å². The standard InChI is InChI=1S/C19H22F3N3O4S/c1-3-25(4-2)30(28,29)16-8-5-14(6-9-16)11-23-17(26)13-24-12-15(19(20,21)22)7-10-18(24)27/h5-10,12H,3-4,11,13H2,1-2H3,(H,23,26). The van der Waals surface area contributed by atoms with Gasteiger partial charge in [0.1, 0.15) is 6.54 Å². The number of amides is 1. The van der Waals surface area contributed by atoms with Crippen LogP contribution in [0.4, 0.5) is 13.2 Å². The van der Waals surface area contributed by atoms with E-state index < -0.39 is 39.8 Å². The average Bonchev–Trinajstić information content (AvgIpc) is 2.68. The van der Waals surface area contributed by atoms with Crippen molar-refractivity contribution in [2.24, 2.45) is 0 Å². The van der Waals surface area contributed by atoms with Crippen LogP contribution in [0, 0.1) is 0 Å². The van der Waals surface area contributed by atoms with Crippen molar-refractivity contribution in [2.75, 3.05) is 13.1 Å². The molecule has 0 radical (unpaired) electrons. The first-order valence-corrected chi connectivity index (χ1v) is 10.6. The van der Waals surface area contributed by atoms with E-state index in [1.54, 1.807) is 13.8 Å². The van der Waals surface area contributed by atoms with E-state index in [0.29, 0.717) is 35.5 Å². The van der Waals surface area contributed by atoms with Gasteiger partial charge in [-0.1, -0.05) is 26.0 Å². The number of benzene rings is 1. The Bertz CT molecular complexity index is 1040. The van der Waals surface area contributed by atoms with Gasteiger partial charge in [-0.05, 0) is 23.8 Å². The van der Waals surface area contributed by atoms with Crippen molar-refractivity contribution in [3.63, 3.8) is 0 Å². The topological polar surface area (TPSA) is 88.5 Å². The third-order valence-corrected chi connectivity index (χ3v) is 6.45. The van der Waals surface area contributed by atoms with Gasteiger partial charge in [-0.3, -0.25) is 9.59 Å². The van der Waals surface area contributed by atoms with Crippen LogP contribution in [-0.2, 0) is 34.1 Å². The van der Waals surface area contributed by atoms with Gasteiger partial charge in [-0.15, -0.1) is 0 Å². The fourth-order valence-electron chi connectivity index (χ4n) is 2.73. The number of hydrogen-bond acceptors (Lipinski definition) is 4. The third kappa shape index (κ3) is 5.70. The number of carbonyl (C=O) groups is 1. The second kappa shape index (κ2) is 9.43. The summed E-state index contributed by atoms with van der Waals surface area (Å²) < 4.78 is 65.2. The number of rotatable bonds is 8. The molecule has 2 aromatic rings. The number of pyridine rings is 1. The molecule has 0 saturated carbocycles. The molecule has 7 nitrogen and oxygen atoms in total. The third-order valence-electron chi connectivity index (χ3n) is 4.38. The lowest BCUT2D eigenvalue weighted by Gasteiger charge is -2.18. The molecule has 2 rings (SSSR count). The van der Waals surface area contributed by atoms with Crippen molar-refractivity contribution >= 4 is 15.9 Å². The van der Waals surface area contributed by atoms with Gasteiger partial charge in [-0.25, -0.2) is 8.42 Å². The highest BCUT2D eigenvalue weighted by Crippen LogP contribution is 2.28. The lowest BCUT2D eigenvalue weighted by atomic mass is 10.2. The molecule has 0 spiro atoms. The Labute approximate surface area is 172 Å². The number of sulfonamides is 1. The van der Waals surface area contributed by atoms with Crippen molar-refractivity contribution < 1.29 is 26.4 Å². The molecular weight excluding hydrogens is 423 g/mol. The predicted molar refractivity (Wildman–Crippen MR) is 104 cm³/mol. The number of alkyl halides is 3. The second-order valence-electron chi connectivity index (χ2n) is 6.39. The molecule has 0 fully saturated rings. The zero-order chi connectivity index (χ0) is 22.5. The molecular formula is C19H22F3N3O4S. The van der Waals surface area contributed by atoms with Crippen LogP contribution < -0.4 is 10.9 Å². The molecule has 0 bridgehead atoms. The fourth-order valence-corrected chi connectivity index (χ4v) is 4.18. The van der Waals surface area contributed by atoms with Crippen LogP contribution in [0.15, 0.2) is 52.3 Å². The van der Waals surface area contributed by atoms with Gasteiger partial charge in [0, 0.05) is 31.9 Å². The Morgan fingerprint density at radius 3 is 2.20 bits per heavy atom. The minimum absolute atomic E-state index is 0.0259. The molecule has 1 aromatic heterocycles. The Morgan fingerprint density at radius 1 is 1.07 bits per heavy atom. The van der Waals surface area contributed by atoms with Gasteiger partial charge in [-0.2, -0.15) is 17.5 Å². The maximum absolute atomic E-state index is 12.8. The van der Waals surface area contributed by atoms with Crippen LogP contribution >= 0.6 is 0 Å². The van der Waals surface area contributed by atoms with Crippen molar-refractivity contribution in [3.8, 4) is 0 Å². The maximum Gasteiger partial charge on any atom is 0.417 e. The molecule has 0 aliphatic carbocycles. The van der Waals surface area contributed by atoms with Crippen LogP contribution in [0.2, 0.25) is 0 Å². The summed E-state index contributed by atoms with van der Waals surface area (Å²) >= 11 is 0. The van der Waals surface area contributed by atoms with Crippen molar-refractivity contribution in [3.05, 3.63) is 64.1 Å². The molecule has 11 heteroatoms. The normalized spacial score (nSPS) is 12.2. The van der Waals surface area contributed by atoms with E-state index in [2.05, 4.69) is 5.32 Å². The van der Waals surface area contributed by atoms with Gasteiger partial charge < -0.3 is 9.88 Å². The molecule has 0 aliphatic heterocycles. The molecule has 1 aromatic carbocycles. The monoisotopic (exact) mass is 445 g/mol. The van der Waals surface area contributed by atoms with Crippen LogP contribution in [0.3, 0.4) is 0 Å². The Balaban J connectivity index is 2.03. The molecule has 0 saturated heterocycles. The van der Waals surface area contributed by atoms with Crippen LogP contribution in [0.1, 0.15) is 25.0 Å². The maximum atomic E-state index is 12.8. The van der Waals surface area contributed by atoms with E-state index in [1.165, 1.54) is 28.6 Å². The van der Waals surface area contributed by atoms with E-state index in [4.69, 9.17) is 0 Å². The SMILES string of the molecule is CCN(CC)S(=O)(=O)c1ccc(CNC(=O)Cn2cc(C(F)(F)F)ccc2=O)cc1. The zero-order valence-electron chi connectivity index (χ0n) is 16.4. The Kier molecular flexibility index (Phi) is 7.43. The minimum Gasteiger partial charge on any atom is -0.350 e. The highest BCUT2D eigenvalue weighted by molar-refractivity contribution is 7.89. The van der Waals surface area contributed by atoms with Crippen molar-refractivity contribution in [1.82, 2.24) is 14.2 Å².